The van der Waals surface area contributed by atoms with Gasteiger partial charge in [-0.05, 0) is 18.6 Å². The van der Waals surface area contributed by atoms with Crippen molar-refractivity contribution in [1.82, 2.24) is 9.88 Å². The second-order valence-electron chi connectivity index (χ2n) is 5.06. The Morgan fingerprint density at radius 3 is 2.83 bits per heavy atom. The van der Waals surface area contributed by atoms with Gasteiger partial charge >= 0.3 is 0 Å². The number of thioether (sulfide) groups is 1. The molecule has 1 aliphatic rings. The van der Waals surface area contributed by atoms with E-state index in [1.54, 1.807) is 17.3 Å². The Balaban J connectivity index is 1.79. The average molecular weight is 324 g/mol. The van der Waals surface area contributed by atoms with E-state index < -0.39 is 0 Å². The molecule has 5 nitrogen and oxygen atoms in total. The van der Waals surface area contributed by atoms with Gasteiger partial charge < -0.3 is 0 Å². The van der Waals surface area contributed by atoms with Crippen molar-refractivity contribution in [2.75, 3.05) is 5.75 Å². The van der Waals surface area contributed by atoms with E-state index in [9.17, 15) is 4.79 Å². The zero-order valence-corrected chi connectivity index (χ0v) is 13.5. The summed E-state index contributed by atoms with van der Waals surface area (Å²) < 4.78 is 0. The molecular weight excluding hydrogens is 308 g/mol. The monoisotopic (exact) mass is 324 g/mol. The fourth-order valence-corrected chi connectivity index (χ4v) is 2.97. The molecule has 1 aromatic carbocycles. The highest BCUT2D eigenvalue weighted by Gasteiger charge is 2.28. The molecule has 0 spiro atoms. The lowest BCUT2D eigenvalue weighted by atomic mass is 10.2. The van der Waals surface area contributed by atoms with Crippen LogP contribution in [0.4, 0.5) is 0 Å². The molecule has 1 amide bonds. The highest BCUT2D eigenvalue weighted by atomic mass is 32.2. The number of rotatable bonds is 4. The van der Waals surface area contributed by atoms with Crippen LogP contribution in [0.15, 0.2) is 65.1 Å². The number of pyridine rings is 1. The molecule has 0 aliphatic carbocycles. The molecular formula is C17H16N4OS. The molecule has 2 aromatic rings. The minimum atomic E-state index is 0.0619. The summed E-state index contributed by atoms with van der Waals surface area (Å²) in [5.41, 5.74) is 2.76. The SMILES string of the molecule is C/C(=N\N=C1\SCC(=O)N1Cc1ccccc1)c1cccnc1. The van der Waals surface area contributed by atoms with Crippen molar-refractivity contribution in [2.45, 2.75) is 13.5 Å². The third kappa shape index (κ3) is 3.84. The molecule has 116 valence electrons. The van der Waals surface area contributed by atoms with E-state index in [1.807, 2.05) is 49.4 Å². The van der Waals surface area contributed by atoms with Crippen LogP contribution in [-0.2, 0) is 11.3 Å². The first-order valence-corrected chi connectivity index (χ1v) is 8.22. The Morgan fingerprint density at radius 1 is 1.26 bits per heavy atom. The molecule has 0 saturated carbocycles. The lowest BCUT2D eigenvalue weighted by Gasteiger charge is -2.15. The summed E-state index contributed by atoms with van der Waals surface area (Å²) in [5.74, 6) is 0.472. The molecule has 1 saturated heterocycles. The summed E-state index contributed by atoms with van der Waals surface area (Å²) in [7, 11) is 0. The molecule has 2 heterocycles. The smallest absolute Gasteiger partial charge is 0.239 e. The number of aromatic nitrogens is 1. The first-order valence-electron chi connectivity index (χ1n) is 7.24. The van der Waals surface area contributed by atoms with Crippen LogP contribution in [0.3, 0.4) is 0 Å². The van der Waals surface area contributed by atoms with E-state index in [1.165, 1.54) is 11.8 Å². The summed E-state index contributed by atoms with van der Waals surface area (Å²) in [5, 5.41) is 9.17. The van der Waals surface area contributed by atoms with Crippen molar-refractivity contribution in [3.8, 4) is 0 Å². The quantitative estimate of drug-likeness (QED) is 0.642. The normalized spacial score (nSPS) is 17.1. The van der Waals surface area contributed by atoms with E-state index in [4.69, 9.17) is 0 Å². The fourth-order valence-electron chi connectivity index (χ4n) is 2.15. The minimum absolute atomic E-state index is 0.0619. The van der Waals surface area contributed by atoms with Crippen molar-refractivity contribution < 1.29 is 4.79 Å². The van der Waals surface area contributed by atoms with Gasteiger partial charge in [0.25, 0.3) is 0 Å². The van der Waals surface area contributed by atoms with E-state index in [-0.39, 0.29) is 5.91 Å². The Morgan fingerprint density at radius 2 is 2.09 bits per heavy atom. The highest BCUT2D eigenvalue weighted by Crippen LogP contribution is 2.22. The van der Waals surface area contributed by atoms with Crippen LogP contribution in [0.1, 0.15) is 18.1 Å². The van der Waals surface area contributed by atoms with Gasteiger partial charge in [-0.3, -0.25) is 14.7 Å². The first-order chi connectivity index (χ1) is 11.2. The van der Waals surface area contributed by atoms with Crippen molar-refractivity contribution >= 4 is 28.5 Å². The Bertz CT molecular complexity index is 744. The minimum Gasteiger partial charge on any atom is -0.285 e. The van der Waals surface area contributed by atoms with Crippen LogP contribution in [0.2, 0.25) is 0 Å². The predicted molar refractivity (Wildman–Crippen MR) is 93.3 cm³/mol. The summed E-state index contributed by atoms with van der Waals surface area (Å²) >= 11 is 1.42. The highest BCUT2D eigenvalue weighted by molar-refractivity contribution is 8.15. The first kappa shape index (κ1) is 15.4. The largest absolute Gasteiger partial charge is 0.285 e. The number of amidine groups is 1. The predicted octanol–water partition coefficient (Wildman–Crippen LogP) is 2.94. The molecule has 1 fully saturated rings. The maximum Gasteiger partial charge on any atom is 0.239 e. The number of benzene rings is 1. The maximum atomic E-state index is 12.1. The van der Waals surface area contributed by atoms with Crippen molar-refractivity contribution in [1.29, 1.82) is 0 Å². The zero-order chi connectivity index (χ0) is 16.1. The molecule has 0 N–H and O–H groups in total. The molecule has 6 heteroatoms. The second-order valence-corrected chi connectivity index (χ2v) is 6.01. The third-order valence-electron chi connectivity index (χ3n) is 3.41. The molecule has 0 atom stereocenters. The van der Waals surface area contributed by atoms with Crippen LogP contribution in [0.25, 0.3) is 0 Å². The summed E-state index contributed by atoms with van der Waals surface area (Å²) in [6.07, 6.45) is 3.46. The average Bonchev–Trinajstić information content (AvgIpc) is 2.94. The lowest BCUT2D eigenvalue weighted by Crippen LogP contribution is -2.28. The number of nitrogens with zero attached hydrogens (tertiary/aromatic N) is 4. The maximum absolute atomic E-state index is 12.1. The van der Waals surface area contributed by atoms with Gasteiger partial charge in [0, 0.05) is 18.0 Å². The van der Waals surface area contributed by atoms with E-state index in [0.29, 0.717) is 17.5 Å². The zero-order valence-electron chi connectivity index (χ0n) is 12.7. The van der Waals surface area contributed by atoms with Crippen molar-refractivity contribution in [3.05, 3.63) is 66.0 Å². The molecule has 1 aromatic heterocycles. The number of hydrogen-bond acceptors (Lipinski definition) is 5. The molecule has 1 aliphatic heterocycles. The number of hydrogen-bond donors (Lipinski definition) is 0. The van der Waals surface area contributed by atoms with Gasteiger partial charge in [0.15, 0.2) is 5.17 Å². The molecule has 0 bridgehead atoms. The van der Waals surface area contributed by atoms with Crippen molar-refractivity contribution in [3.63, 3.8) is 0 Å². The van der Waals surface area contributed by atoms with Gasteiger partial charge in [-0.25, -0.2) is 0 Å². The number of carbonyl (C=O) groups excluding carboxylic acids is 1. The van der Waals surface area contributed by atoms with Crippen molar-refractivity contribution in [2.24, 2.45) is 10.2 Å². The Labute approximate surface area is 139 Å². The Hall–Kier alpha value is -2.47. The van der Waals surface area contributed by atoms with Crippen LogP contribution < -0.4 is 0 Å². The summed E-state index contributed by atoms with van der Waals surface area (Å²) in [4.78, 5) is 17.8. The summed E-state index contributed by atoms with van der Waals surface area (Å²) in [6.45, 7) is 2.40. The van der Waals surface area contributed by atoms with Gasteiger partial charge in [-0.1, -0.05) is 48.2 Å². The number of carbonyl (C=O) groups is 1. The molecule has 0 radical (unpaired) electrons. The lowest BCUT2D eigenvalue weighted by molar-refractivity contribution is -0.124. The van der Waals surface area contributed by atoms with Gasteiger partial charge in [-0.2, -0.15) is 5.10 Å². The van der Waals surface area contributed by atoms with Gasteiger partial charge in [-0.15, -0.1) is 5.10 Å². The number of amides is 1. The molecule has 3 rings (SSSR count). The van der Waals surface area contributed by atoms with Gasteiger partial charge in [0.1, 0.15) is 0 Å². The van der Waals surface area contributed by atoms with E-state index in [0.717, 1.165) is 16.8 Å². The topological polar surface area (TPSA) is 57.9 Å². The Kier molecular flexibility index (Phi) is 4.83. The third-order valence-corrected chi connectivity index (χ3v) is 4.36. The molecule has 0 unspecified atom stereocenters. The van der Waals surface area contributed by atoms with E-state index in [2.05, 4.69) is 15.2 Å². The standard InChI is InChI=1S/C17H16N4OS/c1-13(15-8-5-9-18-10-15)19-20-17-21(16(22)12-23-17)11-14-6-3-2-4-7-14/h2-10H,11-12H2,1H3/b19-13+,20-17+. The van der Waals surface area contributed by atoms with E-state index >= 15 is 0 Å². The molecule has 23 heavy (non-hydrogen) atoms. The van der Waals surface area contributed by atoms with Crippen LogP contribution in [0.5, 0.6) is 0 Å². The summed E-state index contributed by atoms with van der Waals surface area (Å²) in [6, 6.07) is 13.7. The van der Waals surface area contributed by atoms with Gasteiger partial charge in [0.2, 0.25) is 5.91 Å². The van der Waals surface area contributed by atoms with Crippen LogP contribution in [0, 0.1) is 0 Å². The second kappa shape index (κ2) is 7.19. The van der Waals surface area contributed by atoms with Crippen LogP contribution >= 0.6 is 11.8 Å². The van der Waals surface area contributed by atoms with Gasteiger partial charge in [0.05, 0.1) is 18.0 Å². The van der Waals surface area contributed by atoms with Crippen LogP contribution in [-0.4, -0.2) is 32.4 Å². The fraction of sp³-hybridized carbons (Fsp3) is 0.176.